The highest BCUT2D eigenvalue weighted by atomic mass is 32.2. The Hall–Kier alpha value is -0.210. The molecule has 6 nitrogen and oxygen atoms in total. The summed E-state index contributed by atoms with van der Waals surface area (Å²) in [7, 11) is -2.01. The van der Waals surface area contributed by atoms with E-state index in [0.29, 0.717) is 0 Å². The van der Waals surface area contributed by atoms with Crippen LogP contribution in [0.4, 0.5) is 0 Å². The van der Waals surface area contributed by atoms with Crippen molar-refractivity contribution in [1.29, 1.82) is 0 Å². The van der Waals surface area contributed by atoms with E-state index < -0.39 is 27.6 Å². The number of ether oxygens (including phenoxy) is 3. The third-order valence-corrected chi connectivity index (χ3v) is 3.73. The highest BCUT2D eigenvalue weighted by Gasteiger charge is 2.67. The number of methoxy groups -OCH3 is 1. The number of rotatable bonds is 3. The summed E-state index contributed by atoms with van der Waals surface area (Å²) in [4.78, 5) is 0. The minimum atomic E-state index is -3.55. The van der Waals surface area contributed by atoms with E-state index in [2.05, 4.69) is 0 Å². The molecular weight excluding hydrogens is 248 g/mol. The van der Waals surface area contributed by atoms with Gasteiger partial charge in [0.25, 0.3) is 10.1 Å². The normalized spacial score (nSPS) is 44.2. The minimum absolute atomic E-state index is 0.285. The van der Waals surface area contributed by atoms with E-state index in [4.69, 9.17) is 18.4 Å². The third-order valence-electron chi connectivity index (χ3n) is 3.18. The predicted octanol–water partition coefficient (Wildman–Crippen LogP) is 0.270. The monoisotopic (exact) mass is 266 g/mol. The van der Waals surface area contributed by atoms with Gasteiger partial charge in [0.05, 0.1) is 11.9 Å². The van der Waals surface area contributed by atoms with Crippen molar-refractivity contribution in [1.82, 2.24) is 0 Å². The zero-order chi connectivity index (χ0) is 13.1. The first kappa shape index (κ1) is 13.2. The maximum atomic E-state index is 11.2. The van der Waals surface area contributed by atoms with Crippen molar-refractivity contribution in [2.24, 2.45) is 0 Å². The quantitative estimate of drug-likeness (QED) is 0.539. The first-order chi connectivity index (χ1) is 7.59. The molecule has 2 fully saturated rings. The van der Waals surface area contributed by atoms with Gasteiger partial charge in [0.2, 0.25) is 0 Å². The van der Waals surface area contributed by atoms with Crippen molar-refractivity contribution >= 4 is 10.1 Å². The van der Waals surface area contributed by atoms with Crippen molar-refractivity contribution in [3.8, 4) is 0 Å². The van der Waals surface area contributed by atoms with Crippen LogP contribution < -0.4 is 0 Å². The summed E-state index contributed by atoms with van der Waals surface area (Å²) in [6, 6.07) is 0. The second-order valence-electron chi connectivity index (χ2n) is 5.17. The zero-order valence-electron chi connectivity index (χ0n) is 10.6. The fourth-order valence-corrected chi connectivity index (χ4v) is 3.04. The molecule has 0 saturated carbocycles. The Bertz CT molecular complexity index is 417. The summed E-state index contributed by atoms with van der Waals surface area (Å²) in [5.41, 5.74) is -0.800. The first-order valence-corrected chi connectivity index (χ1v) is 7.20. The highest BCUT2D eigenvalue weighted by Crippen LogP contribution is 2.49. The van der Waals surface area contributed by atoms with Crippen molar-refractivity contribution < 1.29 is 26.8 Å². The van der Waals surface area contributed by atoms with Crippen molar-refractivity contribution in [2.45, 2.75) is 50.5 Å². The average Bonchev–Trinajstić information content (AvgIpc) is 2.90. The van der Waals surface area contributed by atoms with Gasteiger partial charge in [0.15, 0.2) is 5.79 Å². The molecule has 2 saturated heterocycles. The molecule has 2 aliphatic rings. The summed E-state index contributed by atoms with van der Waals surface area (Å²) in [5, 5.41) is 0. The molecule has 0 unspecified atom stereocenters. The van der Waals surface area contributed by atoms with E-state index in [9.17, 15) is 8.42 Å². The Balaban J connectivity index is 2.23. The van der Waals surface area contributed by atoms with E-state index in [1.807, 2.05) is 0 Å². The smallest absolute Gasteiger partial charge is 0.264 e. The first-order valence-electron chi connectivity index (χ1n) is 5.38. The Morgan fingerprint density at radius 1 is 1.24 bits per heavy atom. The molecule has 2 heterocycles. The maximum Gasteiger partial charge on any atom is 0.264 e. The van der Waals surface area contributed by atoms with Crippen LogP contribution in [0.5, 0.6) is 0 Å². The molecule has 0 aromatic carbocycles. The van der Waals surface area contributed by atoms with E-state index in [1.54, 1.807) is 20.8 Å². The van der Waals surface area contributed by atoms with Gasteiger partial charge in [-0.1, -0.05) is 0 Å². The maximum absolute atomic E-state index is 11.2. The van der Waals surface area contributed by atoms with Crippen LogP contribution in [0.15, 0.2) is 0 Å². The molecule has 0 aromatic heterocycles. The largest absolute Gasteiger partial charge is 0.361 e. The van der Waals surface area contributed by atoms with Gasteiger partial charge in [-0.15, -0.1) is 0 Å². The van der Waals surface area contributed by atoms with Gasteiger partial charge < -0.3 is 14.2 Å². The summed E-state index contributed by atoms with van der Waals surface area (Å²) in [6.07, 6.45) is -0.221. The second kappa shape index (κ2) is 3.64. The van der Waals surface area contributed by atoms with Gasteiger partial charge in [-0.05, 0) is 20.8 Å². The fourth-order valence-electron chi connectivity index (χ4n) is 2.33. The van der Waals surface area contributed by atoms with Crippen LogP contribution in [-0.4, -0.2) is 51.5 Å². The summed E-state index contributed by atoms with van der Waals surface area (Å²) >= 11 is 0. The fraction of sp³-hybridized carbons (Fsp3) is 1.00. The molecule has 0 aliphatic carbocycles. The van der Waals surface area contributed by atoms with Crippen molar-refractivity contribution in [3.63, 3.8) is 0 Å². The number of hydrogen-bond donors (Lipinski definition) is 0. The molecule has 4 atom stereocenters. The molecule has 0 spiro atoms. The topological polar surface area (TPSA) is 74.4 Å². The van der Waals surface area contributed by atoms with Crippen LogP contribution in [0.1, 0.15) is 20.8 Å². The Kier molecular flexibility index (Phi) is 2.83. The average molecular weight is 266 g/mol. The van der Waals surface area contributed by atoms with E-state index in [1.165, 1.54) is 7.11 Å². The SMILES string of the molecule is CO[C@]1(C)OC(C)(C)[C@H](OS(C)(=O)=O)[C@H]2O[C@H]21. The molecule has 0 N–H and O–H groups in total. The van der Waals surface area contributed by atoms with Gasteiger partial charge in [-0.3, -0.25) is 4.18 Å². The molecule has 17 heavy (non-hydrogen) atoms. The van der Waals surface area contributed by atoms with E-state index in [-0.39, 0.29) is 12.2 Å². The molecule has 0 bridgehead atoms. The molecular formula is C10H18O6S. The highest BCUT2D eigenvalue weighted by molar-refractivity contribution is 7.86. The van der Waals surface area contributed by atoms with Gasteiger partial charge in [-0.2, -0.15) is 8.42 Å². The molecule has 2 aliphatic heterocycles. The predicted molar refractivity (Wildman–Crippen MR) is 59.0 cm³/mol. The van der Waals surface area contributed by atoms with Gasteiger partial charge >= 0.3 is 0 Å². The van der Waals surface area contributed by atoms with E-state index >= 15 is 0 Å². The number of hydrogen-bond acceptors (Lipinski definition) is 6. The van der Waals surface area contributed by atoms with Crippen LogP contribution in [-0.2, 0) is 28.5 Å². The lowest BCUT2D eigenvalue weighted by Gasteiger charge is -2.43. The molecule has 7 heteroatoms. The molecule has 0 amide bonds. The van der Waals surface area contributed by atoms with Gasteiger partial charge in [0, 0.05) is 7.11 Å². The van der Waals surface area contributed by atoms with E-state index in [0.717, 1.165) is 6.26 Å². The number of epoxide rings is 1. The lowest BCUT2D eigenvalue weighted by molar-refractivity contribution is -0.295. The molecule has 0 aromatic rings. The third kappa shape index (κ3) is 2.34. The Labute approximate surface area is 101 Å². The number of fused-ring (bicyclic) bond motifs is 1. The Morgan fingerprint density at radius 3 is 2.29 bits per heavy atom. The van der Waals surface area contributed by atoms with Gasteiger partial charge in [-0.25, -0.2) is 0 Å². The zero-order valence-corrected chi connectivity index (χ0v) is 11.4. The van der Waals surface area contributed by atoms with Crippen molar-refractivity contribution in [3.05, 3.63) is 0 Å². The lowest BCUT2D eigenvalue weighted by Crippen LogP contribution is -2.59. The molecule has 0 radical (unpaired) electrons. The van der Waals surface area contributed by atoms with Crippen LogP contribution in [0, 0.1) is 0 Å². The summed E-state index contributed by atoms with van der Waals surface area (Å²) < 4.78 is 44.0. The van der Waals surface area contributed by atoms with Crippen LogP contribution in [0.3, 0.4) is 0 Å². The lowest BCUT2D eigenvalue weighted by atomic mass is 9.91. The standard InChI is InChI=1S/C10H18O6S/c1-9(2)7(15-17(5,11)12)6-8(14-6)10(3,13-4)16-9/h6-8H,1-5H3/t6-,7-,8-,10-/m1/s1. The second-order valence-corrected chi connectivity index (χ2v) is 6.77. The Morgan fingerprint density at radius 2 is 1.82 bits per heavy atom. The van der Waals surface area contributed by atoms with Crippen LogP contribution in [0.2, 0.25) is 0 Å². The van der Waals surface area contributed by atoms with Crippen LogP contribution in [0.25, 0.3) is 0 Å². The minimum Gasteiger partial charge on any atom is -0.361 e. The molecule has 100 valence electrons. The van der Waals surface area contributed by atoms with Crippen molar-refractivity contribution in [2.75, 3.05) is 13.4 Å². The van der Waals surface area contributed by atoms with Gasteiger partial charge in [0.1, 0.15) is 18.3 Å². The molecule has 2 rings (SSSR count). The summed E-state index contributed by atoms with van der Waals surface area (Å²) in [6.45, 7) is 5.30. The van der Waals surface area contributed by atoms with Crippen LogP contribution >= 0.6 is 0 Å². The summed E-state index contributed by atoms with van der Waals surface area (Å²) in [5.74, 6) is -0.856.